The highest BCUT2D eigenvalue weighted by Crippen LogP contribution is 2.49. The van der Waals surface area contributed by atoms with E-state index in [1.54, 1.807) is 6.07 Å². The third-order valence-electron chi connectivity index (χ3n) is 3.19. The zero-order chi connectivity index (χ0) is 13.8. The molecule has 1 atom stereocenters. The molecular formula is C14H12FO3P. The predicted octanol–water partition coefficient (Wildman–Crippen LogP) is 2.77. The van der Waals surface area contributed by atoms with Gasteiger partial charge < -0.3 is 9.63 Å². The van der Waals surface area contributed by atoms with Crippen LogP contribution in [0, 0.1) is 19.7 Å². The molecule has 5 heteroatoms. The number of hydrogen-bond acceptors (Lipinski definition) is 2. The molecule has 19 heavy (non-hydrogen) atoms. The molecule has 3 nitrogen and oxygen atoms in total. The Kier molecular flexibility index (Phi) is 2.56. The Morgan fingerprint density at radius 2 is 1.89 bits per heavy atom. The molecule has 2 aromatic carbocycles. The van der Waals surface area contributed by atoms with Crippen molar-refractivity contribution in [1.29, 1.82) is 0 Å². The maximum Gasteiger partial charge on any atom is 0.266 e. The van der Waals surface area contributed by atoms with Gasteiger partial charge in [-0.1, -0.05) is 6.07 Å². The first kappa shape index (κ1) is 12.4. The van der Waals surface area contributed by atoms with Gasteiger partial charge in [-0.15, -0.1) is 0 Å². The first-order chi connectivity index (χ1) is 8.89. The fourth-order valence-corrected chi connectivity index (χ4v) is 4.20. The van der Waals surface area contributed by atoms with Gasteiger partial charge in [-0.3, -0.25) is 4.57 Å². The van der Waals surface area contributed by atoms with Crippen molar-refractivity contribution in [2.24, 2.45) is 0 Å². The van der Waals surface area contributed by atoms with Crippen molar-refractivity contribution in [3.05, 3.63) is 47.3 Å². The first-order valence-electron chi connectivity index (χ1n) is 5.82. The van der Waals surface area contributed by atoms with Crippen LogP contribution in [-0.2, 0) is 4.57 Å². The van der Waals surface area contributed by atoms with Gasteiger partial charge in [-0.25, -0.2) is 4.39 Å². The molecule has 0 bridgehead atoms. The van der Waals surface area contributed by atoms with E-state index in [-0.39, 0.29) is 16.4 Å². The van der Waals surface area contributed by atoms with Crippen LogP contribution in [0.5, 0.6) is 11.5 Å². The largest absolute Gasteiger partial charge is 0.455 e. The summed E-state index contributed by atoms with van der Waals surface area (Å²) < 4.78 is 31.6. The van der Waals surface area contributed by atoms with Crippen molar-refractivity contribution in [2.45, 2.75) is 13.8 Å². The van der Waals surface area contributed by atoms with Gasteiger partial charge in [-0.05, 0) is 49.2 Å². The van der Waals surface area contributed by atoms with Crippen molar-refractivity contribution in [2.75, 3.05) is 0 Å². The molecule has 0 radical (unpaired) electrons. The third kappa shape index (κ3) is 1.79. The summed E-state index contributed by atoms with van der Waals surface area (Å²) in [7, 11) is -3.81. The van der Waals surface area contributed by atoms with Crippen LogP contribution in [0.2, 0.25) is 0 Å². The predicted molar refractivity (Wildman–Crippen MR) is 71.5 cm³/mol. The zero-order valence-electron chi connectivity index (χ0n) is 10.5. The molecule has 1 aliphatic rings. The van der Waals surface area contributed by atoms with E-state index < -0.39 is 13.2 Å². The molecule has 98 valence electrons. The van der Waals surface area contributed by atoms with Crippen molar-refractivity contribution >= 4 is 18.0 Å². The van der Waals surface area contributed by atoms with Gasteiger partial charge in [-0.2, -0.15) is 0 Å². The molecule has 1 N–H and O–H groups in total. The SMILES string of the molecule is Cc1cc(C)c2c(c1)P(=O)(O)c1cc(F)ccc1O2. The molecule has 1 aliphatic heterocycles. The monoisotopic (exact) mass is 278 g/mol. The summed E-state index contributed by atoms with van der Waals surface area (Å²) in [5.41, 5.74) is 1.66. The highest BCUT2D eigenvalue weighted by atomic mass is 31.2. The maximum atomic E-state index is 13.3. The van der Waals surface area contributed by atoms with Gasteiger partial charge in [0.2, 0.25) is 0 Å². The quantitative estimate of drug-likeness (QED) is 0.754. The minimum absolute atomic E-state index is 0.0185. The van der Waals surface area contributed by atoms with Gasteiger partial charge in [0.25, 0.3) is 7.37 Å². The summed E-state index contributed by atoms with van der Waals surface area (Å²) in [6.07, 6.45) is 0. The summed E-state index contributed by atoms with van der Waals surface area (Å²) in [4.78, 5) is 10.4. The highest BCUT2D eigenvalue weighted by Gasteiger charge is 2.37. The van der Waals surface area contributed by atoms with E-state index in [2.05, 4.69) is 0 Å². The summed E-state index contributed by atoms with van der Waals surface area (Å²) in [6, 6.07) is 7.17. The Hall–Kier alpha value is -1.64. The van der Waals surface area contributed by atoms with E-state index in [0.29, 0.717) is 5.75 Å². The van der Waals surface area contributed by atoms with E-state index in [1.165, 1.54) is 12.1 Å². The molecule has 0 aliphatic carbocycles. The number of rotatable bonds is 0. The maximum absolute atomic E-state index is 13.3. The minimum atomic E-state index is -3.81. The molecule has 0 spiro atoms. The van der Waals surface area contributed by atoms with Crippen LogP contribution in [0.3, 0.4) is 0 Å². The topological polar surface area (TPSA) is 46.5 Å². The number of hydrogen-bond donors (Lipinski definition) is 1. The van der Waals surface area contributed by atoms with Crippen LogP contribution >= 0.6 is 7.37 Å². The number of ether oxygens (including phenoxy) is 1. The van der Waals surface area contributed by atoms with Crippen molar-refractivity contribution in [3.63, 3.8) is 0 Å². The van der Waals surface area contributed by atoms with E-state index in [4.69, 9.17) is 4.74 Å². The zero-order valence-corrected chi connectivity index (χ0v) is 11.4. The summed E-state index contributed by atoms with van der Waals surface area (Å²) in [5, 5.41) is 0.258. The summed E-state index contributed by atoms with van der Waals surface area (Å²) in [5.74, 6) is 0.0895. The van der Waals surface area contributed by atoms with Crippen LogP contribution in [0.1, 0.15) is 11.1 Å². The van der Waals surface area contributed by atoms with Gasteiger partial charge in [0, 0.05) is 0 Å². The van der Waals surface area contributed by atoms with Crippen LogP contribution in [0.25, 0.3) is 0 Å². The Bertz CT molecular complexity index is 740. The second-order valence-electron chi connectivity index (χ2n) is 4.72. The molecule has 1 unspecified atom stereocenters. The number of halogens is 1. The lowest BCUT2D eigenvalue weighted by atomic mass is 10.1. The summed E-state index contributed by atoms with van der Waals surface area (Å²) in [6.45, 7) is 3.66. The van der Waals surface area contributed by atoms with Crippen LogP contribution in [-0.4, -0.2) is 4.89 Å². The fraction of sp³-hybridized carbons (Fsp3) is 0.143. The van der Waals surface area contributed by atoms with E-state index in [1.807, 2.05) is 19.9 Å². The van der Waals surface area contributed by atoms with Crippen LogP contribution in [0.4, 0.5) is 4.39 Å². The third-order valence-corrected chi connectivity index (χ3v) is 5.17. The minimum Gasteiger partial charge on any atom is -0.455 e. The van der Waals surface area contributed by atoms with Crippen molar-refractivity contribution in [3.8, 4) is 11.5 Å². The number of fused-ring (bicyclic) bond motifs is 2. The number of aryl methyl sites for hydroxylation is 2. The second-order valence-corrected chi connectivity index (χ2v) is 6.84. The Morgan fingerprint density at radius 1 is 1.16 bits per heavy atom. The van der Waals surface area contributed by atoms with Gasteiger partial charge in [0.15, 0.2) is 0 Å². The van der Waals surface area contributed by atoms with Gasteiger partial charge in [0.05, 0.1) is 10.6 Å². The molecule has 1 heterocycles. The standard InChI is InChI=1S/C14H12FO3P/c1-8-5-9(2)14-13(6-8)19(16,17)12-7-10(15)3-4-11(12)18-14/h3-7H,1-2H3,(H,16,17). The second kappa shape index (κ2) is 3.92. The van der Waals surface area contributed by atoms with Crippen molar-refractivity contribution in [1.82, 2.24) is 0 Å². The average molecular weight is 278 g/mol. The highest BCUT2D eigenvalue weighted by molar-refractivity contribution is 7.74. The first-order valence-corrected chi connectivity index (χ1v) is 7.48. The van der Waals surface area contributed by atoms with Crippen molar-refractivity contribution < 1.29 is 18.6 Å². The normalized spacial score (nSPS) is 20.4. The molecular weight excluding hydrogens is 266 g/mol. The Labute approximate surface area is 110 Å². The molecule has 3 rings (SSSR count). The van der Waals surface area contributed by atoms with Crippen LogP contribution in [0.15, 0.2) is 30.3 Å². The lowest BCUT2D eigenvalue weighted by Crippen LogP contribution is -2.25. The average Bonchev–Trinajstić information content (AvgIpc) is 2.32. The Morgan fingerprint density at radius 3 is 2.63 bits per heavy atom. The lowest BCUT2D eigenvalue weighted by molar-refractivity contribution is 0.461. The lowest BCUT2D eigenvalue weighted by Gasteiger charge is -2.26. The molecule has 0 saturated carbocycles. The van der Waals surface area contributed by atoms with Gasteiger partial charge >= 0.3 is 0 Å². The molecule has 0 saturated heterocycles. The van der Waals surface area contributed by atoms with Crippen LogP contribution < -0.4 is 15.3 Å². The fourth-order valence-electron chi connectivity index (χ4n) is 2.34. The molecule has 0 amide bonds. The van der Waals surface area contributed by atoms with Gasteiger partial charge in [0.1, 0.15) is 17.3 Å². The van der Waals surface area contributed by atoms with E-state index >= 15 is 0 Å². The molecule has 2 aromatic rings. The Balaban J connectivity index is 2.34. The smallest absolute Gasteiger partial charge is 0.266 e. The summed E-state index contributed by atoms with van der Waals surface area (Å²) >= 11 is 0. The number of benzene rings is 2. The molecule has 0 aromatic heterocycles. The molecule has 0 fully saturated rings. The van der Waals surface area contributed by atoms with E-state index in [0.717, 1.165) is 17.2 Å². The van der Waals surface area contributed by atoms with E-state index in [9.17, 15) is 13.8 Å².